The number of rotatable bonds is 7. The van der Waals surface area contributed by atoms with E-state index in [-0.39, 0.29) is 11.7 Å². The van der Waals surface area contributed by atoms with Gasteiger partial charge in [0, 0.05) is 0 Å². The highest BCUT2D eigenvalue weighted by molar-refractivity contribution is 7.99. The molecule has 0 unspecified atom stereocenters. The second-order valence-corrected chi connectivity index (χ2v) is 8.16. The molecule has 0 aliphatic rings. The van der Waals surface area contributed by atoms with Gasteiger partial charge >= 0.3 is 5.97 Å². The SMILES string of the molecule is CCc1ccc(OC(=O)CSc2nc3ccccc3n2Cc2cccc(C)c2)cc1. The van der Waals surface area contributed by atoms with Crippen LogP contribution in [0.15, 0.2) is 78.0 Å². The standard InChI is InChI=1S/C25H24N2O2S/c1-3-19-11-13-21(14-12-19)29-24(28)17-30-25-26-22-9-4-5-10-23(22)27(25)16-20-8-6-7-18(2)15-20/h4-15H,3,16-17H2,1-2H3. The normalized spacial score (nSPS) is 11.0. The number of carbonyl (C=O) groups is 1. The predicted molar refractivity (Wildman–Crippen MR) is 122 cm³/mol. The van der Waals surface area contributed by atoms with E-state index in [1.807, 2.05) is 42.5 Å². The van der Waals surface area contributed by atoms with Crippen molar-refractivity contribution in [2.24, 2.45) is 0 Å². The number of benzene rings is 3. The van der Waals surface area contributed by atoms with Crippen LogP contribution in [-0.4, -0.2) is 21.3 Å². The summed E-state index contributed by atoms with van der Waals surface area (Å²) in [7, 11) is 0. The molecule has 0 N–H and O–H groups in total. The number of hydrogen-bond donors (Lipinski definition) is 0. The van der Waals surface area contributed by atoms with Crippen LogP contribution < -0.4 is 4.74 Å². The largest absolute Gasteiger partial charge is 0.426 e. The Morgan fingerprint density at radius 3 is 2.57 bits per heavy atom. The molecule has 4 nitrogen and oxygen atoms in total. The Morgan fingerprint density at radius 2 is 1.80 bits per heavy atom. The van der Waals surface area contributed by atoms with Crippen LogP contribution in [0.5, 0.6) is 5.75 Å². The predicted octanol–water partition coefficient (Wildman–Crippen LogP) is 5.65. The van der Waals surface area contributed by atoms with Crippen LogP contribution in [0.1, 0.15) is 23.6 Å². The Labute approximate surface area is 180 Å². The first-order valence-corrected chi connectivity index (χ1v) is 11.0. The van der Waals surface area contributed by atoms with Crippen molar-refractivity contribution in [3.05, 3.63) is 89.5 Å². The van der Waals surface area contributed by atoms with Crippen LogP contribution in [0.2, 0.25) is 0 Å². The maximum Gasteiger partial charge on any atom is 0.321 e. The molecule has 3 aromatic carbocycles. The number of aryl methyl sites for hydroxylation is 2. The lowest BCUT2D eigenvalue weighted by Crippen LogP contribution is -2.12. The summed E-state index contributed by atoms with van der Waals surface area (Å²) in [6, 6.07) is 24.2. The Morgan fingerprint density at radius 1 is 1.00 bits per heavy atom. The summed E-state index contributed by atoms with van der Waals surface area (Å²) in [6.45, 7) is 4.90. The number of nitrogens with zero attached hydrogens (tertiary/aromatic N) is 2. The summed E-state index contributed by atoms with van der Waals surface area (Å²) in [6.07, 6.45) is 0.960. The summed E-state index contributed by atoms with van der Waals surface area (Å²) in [5.74, 6) is 0.497. The zero-order valence-electron chi connectivity index (χ0n) is 17.2. The van der Waals surface area contributed by atoms with Gasteiger partial charge in [0.2, 0.25) is 0 Å². The second kappa shape index (κ2) is 9.18. The molecule has 0 atom stereocenters. The van der Waals surface area contributed by atoms with Crippen LogP contribution in [-0.2, 0) is 17.8 Å². The molecule has 30 heavy (non-hydrogen) atoms. The number of thioether (sulfide) groups is 1. The van der Waals surface area contributed by atoms with Crippen molar-refractivity contribution in [1.82, 2.24) is 9.55 Å². The number of para-hydroxylation sites is 2. The van der Waals surface area contributed by atoms with Crippen LogP contribution >= 0.6 is 11.8 Å². The zero-order chi connectivity index (χ0) is 20.9. The summed E-state index contributed by atoms with van der Waals surface area (Å²) in [5.41, 5.74) is 5.64. The molecule has 0 spiro atoms. The Hall–Kier alpha value is -3.05. The van der Waals surface area contributed by atoms with Crippen molar-refractivity contribution in [3.8, 4) is 5.75 Å². The van der Waals surface area contributed by atoms with E-state index in [0.717, 1.165) is 22.6 Å². The van der Waals surface area contributed by atoms with Gasteiger partial charge in [-0.15, -0.1) is 0 Å². The van der Waals surface area contributed by atoms with E-state index in [2.05, 4.69) is 48.7 Å². The molecule has 1 aromatic heterocycles. The number of esters is 1. The number of ether oxygens (including phenoxy) is 1. The van der Waals surface area contributed by atoms with Gasteiger partial charge in [-0.25, -0.2) is 4.98 Å². The third kappa shape index (κ3) is 4.74. The van der Waals surface area contributed by atoms with Crippen LogP contribution in [0, 0.1) is 6.92 Å². The molecule has 0 fully saturated rings. The Kier molecular flexibility index (Phi) is 6.19. The van der Waals surface area contributed by atoms with E-state index in [4.69, 9.17) is 9.72 Å². The van der Waals surface area contributed by atoms with Crippen LogP contribution in [0.25, 0.3) is 11.0 Å². The lowest BCUT2D eigenvalue weighted by atomic mass is 10.1. The van der Waals surface area contributed by atoms with Crippen molar-refractivity contribution in [2.75, 3.05) is 5.75 Å². The first-order valence-electron chi connectivity index (χ1n) is 10.1. The van der Waals surface area contributed by atoms with Gasteiger partial charge in [0.05, 0.1) is 23.3 Å². The number of hydrogen-bond acceptors (Lipinski definition) is 4. The van der Waals surface area contributed by atoms with Gasteiger partial charge in [-0.1, -0.05) is 72.8 Å². The lowest BCUT2D eigenvalue weighted by Gasteiger charge is -2.10. The third-order valence-electron chi connectivity index (χ3n) is 4.93. The van der Waals surface area contributed by atoms with E-state index in [1.165, 1.54) is 28.5 Å². The Bertz CT molecular complexity index is 1170. The maximum absolute atomic E-state index is 12.4. The molecule has 5 heteroatoms. The number of fused-ring (bicyclic) bond motifs is 1. The average Bonchev–Trinajstić information content (AvgIpc) is 3.10. The molecule has 152 valence electrons. The fraction of sp³-hybridized carbons (Fsp3) is 0.200. The molecule has 4 aromatic rings. The molecule has 0 aliphatic heterocycles. The van der Waals surface area contributed by atoms with Gasteiger partial charge in [0.25, 0.3) is 0 Å². The summed E-state index contributed by atoms with van der Waals surface area (Å²) >= 11 is 1.41. The molecule has 0 saturated carbocycles. The van der Waals surface area contributed by atoms with E-state index >= 15 is 0 Å². The Balaban J connectivity index is 1.51. The second-order valence-electron chi connectivity index (χ2n) is 7.22. The van der Waals surface area contributed by atoms with Crippen molar-refractivity contribution < 1.29 is 9.53 Å². The van der Waals surface area contributed by atoms with E-state index in [0.29, 0.717) is 12.3 Å². The average molecular weight is 417 g/mol. The molecular formula is C25H24N2O2S. The van der Waals surface area contributed by atoms with Gasteiger partial charge in [-0.2, -0.15) is 0 Å². The van der Waals surface area contributed by atoms with Crippen LogP contribution in [0.3, 0.4) is 0 Å². The minimum absolute atomic E-state index is 0.201. The molecule has 0 amide bonds. The highest BCUT2D eigenvalue weighted by atomic mass is 32.2. The number of imidazole rings is 1. The number of aromatic nitrogens is 2. The summed E-state index contributed by atoms with van der Waals surface area (Å²) in [4.78, 5) is 17.1. The fourth-order valence-electron chi connectivity index (χ4n) is 3.39. The third-order valence-corrected chi connectivity index (χ3v) is 5.88. The minimum Gasteiger partial charge on any atom is -0.426 e. The van der Waals surface area contributed by atoms with Crippen LogP contribution in [0.4, 0.5) is 0 Å². The first kappa shape index (κ1) is 20.2. The van der Waals surface area contributed by atoms with Crippen molar-refractivity contribution in [3.63, 3.8) is 0 Å². The van der Waals surface area contributed by atoms with Gasteiger partial charge in [-0.05, 0) is 48.7 Å². The topological polar surface area (TPSA) is 44.1 Å². The highest BCUT2D eigenvalue weighted by Crippen LogP contribution is 2.26. The monoisotopic (exact) mass is 416 g/mol. The summed E-state index contributed by atoms with van der Waals surface area (Å²) in [5, 5.41) is 0.816. The van der Waals surface area contributed by atoms with E-state index in [9.17, 15) is 4.79 Å². The van der Waals surface area contributed by atoms with Crippen molar-refractivity contribution >= 4 is 28.8 Å². The minimum atomic E-state index is -0.279. The number of carbonyl (C=O) groups excluding carboxylic acids is 1. The quantitative estimate of drug-likeness (QED) is 0.222. The molecule has 0 bridgehead atoms. The van der Waals surface area contributed by atoms with E-state index in [1.54, 1.807) is 0 Å². The molecule has 0 radical (unpaired) electrons. The zero-order valence-corrected chi connectivity index (χ0v) is 18.0. The summed E-state index contributed by atoms with van der Waals surface area (Å²) < 4.78 is 7.65. The van der Waals surface area contributed by atoms with Crippen molar-refractivity contribution in [2.45, 2.75) is 32.0 Å². The van der Waals surface area contributed by atoms with Gasteiger partial charge < -0.3 is 9.30 Å². The highest BCUT2D eigenvalue weighted by Gasteiger charge is 2.14. The van der Waals surface area contributed by atoms with Gasteiger partial charge in [-0.3, -0.25) is 4.79 Å². The van der Waals surface area contributed by atoms with E-state index < -0.39 is 0 Å². The molecular weight excluding hydrogens is 392 g/mol. The fourth-order valence-corrected chi connectivity index (χ4v) is 4.17. The van der Waals surface area contributed by atoms with Crippen molar-refractivity contribution in [1.29, 1.82) is 0 Å². The van der Waals surface area contributed by atoms with Gasteiger partial charge in [0.15, 0.2) is 5.16 Å². The smallest absolute Gasteiger partial charge is 0.321 e. The molecule has 0 aliphatic carbocycles. The molecule has 4 rings (SSSR count). The lowest BCUT2D eigenvalue weighted by molar-refractivity contribution is -0.131. The molecule has 1 heterocycles. The van der Waals surface area contributed by atoms with Gasteiger partial charge in [0.1, 0.15) is 5.75 Å². The molecule has 0 saturated heterocycles. The maximum atomic E-state index is 12.4. The first-order chi connectivity index (χ1) is 14.6.